The third kappa shape index (κ3) is 3.19. The van der Waals surface area contributed by atoms with Crippen molar-refractivity contribution in [2.45, 2.75) is 30.8 Å². The Morgan fingerprint density at radius 1 is 1.62 bits per heavy atom. The molecule has 1 unspecified atom stereocenters. The molecule has 3 nitrogen and oxygen atoms in total. The minimum Gasteiger partial charge on any atom is -0.465 e. The molecular formula is C9H16O3S. The van der Waals surface area contributed by atoms with E-state index in [0.717, 1.165) is 19.6 Å². The summed E-state index contributed by atoms with van der Waals surface area (Å²) in [7, 11) is 0. The highest BCUT2D eigenvalue weighted by Crippen LogP contribution is 2.26. The van der Waals surface area contributed by atoms with Gasteiger partial charge in [-0.05, 0) is 13.3 Å². The third-order valence-corrected chi connectivity index (χ3v) is 3.40. The van der Waals surface area contributed by atoms with Crippen molar-refractivity contribution in [2.75, 3.05) is 19.8 Å². The molecule has 1 aliphatic heterocycles. The fourth-order valence-electron chi connectivity index (χ4n) is 1.08. The van der Waals surface area contributed by atoms with Crippen molar-refractivity contribution in [1.82, 2.24) is 0 Å². The van der Waals surface area contributed by atoms with E-state index in [9.17, 15) is 4.79 Å². The van der Waals surface area contributed by atoms with Gasteiger partial charge in [0.2, 0.25) is 0 Å². The van der Waals surface area contributed by atoms with Gasteiger partial charge in [0, 0.05) is 0 Å². The van der Waals surface area contributed by atoms with Gasteiger partial charge in [0.1, 0.15) is 5.25 Å². The lowest BCUT2D eigenvalue weighted by Gasteiger charge is -2.28. The molecule has 0 spiro atoms. The summed E-state index contributed by atoms with van der Waals surface area (Å²) in [5.41, 5.74) is 0. The second-order valence-corrected chi connectivity index (χ2v) is 4.45. The Bertz CT molecular complexity index is 168. The Kier molecular flexibility index (Phi) is 4.59. The average Bonchev–Trinajstić information content (AvgIpc) is 2.03. The normalized spacial score (nSPS) is 19.2. The molecule has 0 bridgehead atoms. The van der Waals surface area contributed by atoms with Gasteiger partial charge in [-0.1, -0.05) is 6.92 Å². The Morgan fingerprint density at radius 3 is 2.69 bits per heavy atom. The first-order valence-electron chi connectivity index (χ1n) is 4.67. The van der Waals surface area contributed by atoms with Crippen molar-refractivity contribution in [2.24, 2.45) is 0 Å². The lowest BCUT2D eigenvalue weighted by Crippen LogP contribution is -2.34. The maximum absolute atomic E-state index is 11.4. The highest BCUT2D eigenvalue weighted by molar-refractivity contribution is 8.01. The van der Waals surface area contributed by atoms with E-state index in [4.69, 9.17) is 9.47 Å². The molecule has 0 radical (unpaired) electrons. The molecule has 0 amide bonds. The average molecular weight is 204 g/mol. The molecule has 0 aromatic rings. The number of esters is 1. The molecule has 1 aliphatic rings. The number of hydrogen-bond acceptors (Lipinski definition) is 4. The van der Waals surface area contributed by atoms with Crippen LogP contribution in [0.3, 0.4) is 0 Å². The van der Waals surface area contributed by atoms with Crippen LogP contribution in [0.2, 0.25) is 0 Å². The van der Waals surface area contributed by atoms with Crippen LogP contribution in [0.15, 0.2) is 0 Å². The summed E-state index contributed by atoms with van der Waals surface area (Å²) >= 11 is 1.68. The van der Waals surface area contributed by atoms with E-state index < -0.39 is 0 Å². The van der Waals surface area contributed by atoms with E-state index >= 15 is 0 Å². The second kappa shape index (κ2) is 5.50. The van der Waals surface area contributed by atoms with Gasteiger partial charge in [0.25, 0.3) is 0 Å². The van der Waals surface area contributed by atoms with Gasteiger partial charge in [-0.25, -0.2) is 0 Å². The highest BCUT2D eigenvalue weighted by atomic mass is 32.2. The van der Waals surface area contributed by atoms with E-state index in [1.54, 1.807) is 11.8 Å². The number of carbonyl (C=O) groups is 1. The van der Waals surface area contributed by atoms with Crippen LogP contribution in [-0.2, 0) is 14.3 Å². The van der Waals surface area contributed by atoms with Gasteiger partial charge in [0.05, 0.1) is 25.1 Å². The molecule has 1 fully saturated rings. The van der Waals surface area contributed by atoms with Gasteiger partial charge >= 0.3 is 5.97 Å². The number of carbonyl (C=O) groups excluding carboxylic acids is 1. The molecule has 4 heteroatoms. The van der Waals surface area contributed by atoms with Crippen molar-refractivity contribution in [1.29, 1.82) is 0 Å². The molecule has 0 N–H and O–H groups in total. The smallest absolute Gasteiger partial charge is 0.319 e. The standard InChI is InChI=1S/C9H16O3S/c1-3-8(9(10)12-4-2)13-7-5-11-6-7/h7-8H,3-6H2,1-2H3. The molecule has 0 aromatic carbocycles. The van der Waals surface area contributed by atoms with Crippen LogP contribution >= 0.6 is 11.8 Å². The Balaban J connectivity index is 2.27. The first-order valence-corrected chi connectivity index (χ1v) is 5.62. The van der Waals surface area contributed by atoms with Crippen LogP contribution in [0.25, 0.3) is 0 Å². The lowest BCUT2D eigenvalue weighted by molar-refractivity contribution is -0.142. The Morgan fingerprint density at radius 2 is 2.31 bits per heavy atom. The zero-order valence-corrected chi connectivity index (χ0v) is 8.93. The minimum atomic E-state index is -0.0816. The fraction of sp³-hybridized carbons (Fsp3) is 0.889. The molecule has 1 rings (SSSR count). The lowest BCUT2D eigenvalue weighted by atomic mass is 10.3. The molecule has 1 atom stereocenters. The molecule has 76 valence electrons. The van der Waals surface area contributed by atoms with Gasteiger partial charge in [-0.2, -0.15) is 0 Å². The van der Waals surface area contributed by atoms with Crippen LogP contribution in [0.1, 0.15) is 20.3 Å². The summed E-state index contributed by atoms with van der Waals surface area (Å²) in [5.74, 6) is -0.0816. The van der Waals surface area contributed by atoms with Crippen LogP contribution in [0.4, 0.5) is 0 Å². The van der Waals surface area contributed by atoms with Crippen molar-refractivity contribution >= 4 is 17.7 Å². The number of thioether (sulfide) groups is 1. The van der Waals surface area contributed by atoms with E-state index in [2.05, 4.69) is 0 Å². The zero-order valence-electron chi connectivity index (χ0n) is 8.12. The molecule has 13 heavy (non-hydrogen) atoms. The SMILES string of the molecule is CCOC(=O)C(CC)SC1COC1. The van der Waals surface area contributed by atoms with E-state index in [1.807, 2.05) is 13.8 Å². The van der Waals surface area contributed by atoms with Crippen molar-refractivity contribution in [3.8, 4) is 0 Å². The number of ether oxygens (including phenoxy) is 2. The largest absolute Gasteiger partial charge is 0.465 e. The van der Waals surface area contributed by atoms with E-state index in [0.29, 0.717) is 11.9 Å². The summed E-state index contributed by atoms with van der Waals surface area (Å²) < 4.78 is 10.0. The fourth-order valence-corrected chi connectivity index (χ4v) is 2.26. The van der Waals surface area contributed by atoms with Gasteiger partial charge in [-0.15, -0.1) is 11.8 Å². The topological polar surface area (TPSA) is 35.5 Å². The monoisotopic (exact) mass is 204 g/mol. The predicted molar refractivity (Wildman–Crippen MR) is 52.9 cm³/mol. The maximum atomic E-state index is 11.4. The third-order valence-electron chi connectivity index (χ3n) is 1.88. The molecule has 1 heterocycles. The van der Waals surface area contributed by atoms with Gasteiger partial charge < -0.3 is 9.47 Å². The van der Waals surface area contributed by atoms with Crippen molar-refractivity contribution in [3.63, 3.8) is 0 Å². The molecule has 0 saturated carbocycles. The summed E-state index contributed by atoms with van der Waals surface area (Å²) in [6, 6.07) is 0. The van der Waals surface area contributed by atoms with Crippen molar-refractivity contribution in [3.05, 3.63) is 0 Å². The van der Waals surface area contributed by atoms with E-state index in [1.165, 1.54) is 0 Å². The van der Waals surface area contributed by atoms with Crippen LogP contribution in [-0.4, -0.2) is 36.3 Å². The molecule has 0 aromatic heterocycles. The molecule has 1 saturated heterocycles. The van der Waals surface area contributed by atoms with Crippen LogP contribution in [0, 0.1) is 0 Å². The Labute approximate surface area is 83.2 Å². The maximum Gasteiger partial charge on any atom is 0.319 e. The molecular weight excluding hydrogens is 188 g/mol. The summed E-state index contributed by atoms with van der Waals surface area (Å²) in [6.45, 7) is 5.87. The summed E-state index contributed by atoms with van der Waals surface area (Å²) in [6.07, 6.45) is 0.833. The van der Waals surface area contributed by atoms with Crippen LogP contribution < -0.4 is 0 Å². The summed E-state index contributed by atoms with van der Waals surface area (Å²) in [4.78, 5) is 11.4. The summed E-state index contributed by atoms with van der Waals surface area (Å²) in [5, 5.41) is 0.489. The van der Waals surface area contributed by atoms with Gasteiger partial charge in [-0.3, -0.25) is 4.79 Å². The zero-order chi connectivity index (χ0) is 9.68. The molecule has 0 aliphatic carbocycles. The van der Waals surface area contributed by atoms with Crippen molar-refractivity contribution < 1.29 is 14.3 Å². The van der Waals surface area contributed by atoms with E-state index in [-0.39, 0.29) is 11.2 Å². The first kappa shape index (κ1) is 10.9. The first-order chi connectivity index (χ1) is 6.27. The number of hydrogen-bond donors (Lipinski definition) is 0. The predicted octanol–water partition coefficient (Wildman–Crippen LogP) is 1.46. The van der Waals surface area contributed by atoms with Crippen LogP contribution in [0.5, 0.6) is 0 Å². The second-order valence-electron chi connectivity index (χ2n) is 2.94. The van der Waals surface area contributed by atoms with Gasteiger partial charge in [0.15, 0.2) is 0 Å². The number of rotatable bonds is 5. The minimum absolute atomic E-state index is 0.00569. The highest BCUT2D eigenvalue weighted by Gasteiger charge is 2.27. The quantitative estimate of drug-likeness (QED) is 0.635. The Hall–Kier alpha value is -0.220.